The summed E-state index contributed by atoms with van der Waals surface area (Å²) in [6.07, 6.45) is 0. The van der Waals surface area contributed by atoms with Crippen LogP contribution in [-0.4, -0.2) is 4.98 Å². The second-order valence-electron chi connectivity index (χ2n) is 10.4. The Morgan fingerprint density at radius 1 is 0.706 bits per heavy atom. The van der Waals surface area contributed by atoms with Crippen LogP contribution in [0.4, 0.5) is 0 Å². The van der Waals surface area contributed by atoms with E-state index in [0.717, 1.165) is 11.3 Å². The summed E-state index contributed by atoms with van der Waals surface area (Å²) >= 11 is 0. The van der Waals surface area contributed by atoms with E-state index in [9.17, 15) is 0 Å². The van der Waals surface area contributed by atoms with Crippen molar-refractivity contribution in [3.8, 4) is 11.4 Å². The highest BCUT2D eigenvalue weighted by Gasteiger charge is 2.29. The van der Waals surface area contributed by atoms with Gasteiger partial charge in [0.1, 0.15) is 11.4 Å². The number of hydrogen-bond acceptors (Lipinski definition) is 1. The van der Waals surface area contributed by atoms with E-state index in [4.69, 9.17) is 4.98 Å². The number of benzene rings is 3. The van der Waals surface area contributed by atoms with Crippen LogP contribution >= 0.6 is 0 Å². The predicted molar refractivity (Wildman–Crippen MR) is 140 cm³/mol. The van der Waals surface area contributed by atoms with Crippen LogP contribution in [0.25, 0.3) is 33.2 Å². The average molecular weight is 448 g/mol. The molecule has 2 aromatic heterocycles. The van der Waals surface area contributed by atoms with Gasteiger partial charge in [0.05, 0.1) is 10.9 Å². The minimum atomic E-state index is 0.00287. The van der Waals surface area contributed by atoms with E-state index >= 15 is 0 Å². The number of nitrogens with zero attached hydrogens (tertiary/aromatic N) is 3. The maximum atomic E-state index is 4.97. The molecule has 3 nitrogen and oxygen atoms in total. The Labute approximate surface area is 202 Å². The van der Waals surface area contributed by atoms with Crippen molar-refractivity contribution in [3.63, 3.8) is 0 Å². The number of rotatable bonds is 2. The lowest BCUT2D eigenvalue weighted by molar-refractivity contribution is -0.613. The summed E-state index contributed by atoms with van der Waals surface area (Å²) < 4.78 is 4.74. The molecule has 0 spiro atoms. The monoisotopic (exact) mass is 447 g/mol. The summed E-state index contributed by atoms with van der Waals surface area (Å²) in [6, 6.07) is 26.2. The van der Waals surface area contributed by atoms with Crippen molar-refractivity contribution in [1.82, 2.24) is 4.98 Å². The molecule has 2 heterocycles. The number of para-hydroxylation sites is 2. The molecule has 5 rings (SSSR count). The molecule has 0 atom stereocenters. The van der Waals surface area contributed by atoms with Crippen molar-refractivity contribution in [2.45, 2.75) is 53.9 Å². The Morgan fingerprint density at radius 3 is 2.09 bits per heavy atom. The van der Waals surface area contributed by atoms with Crippen LogP contribution in [0.3, 0.4) is 0 Å². The van der Waals surface area contributed by atoms with Gasteiger partial charge in [0, 0.05) is 37.4 Å². The van der Waals surface area contributed by atoms with Crippen molar-refractivity contribution in [2.24, 2.45) is 0 Å². The molecule has 0 saturated heterocycles. The van der Waals surface area contributed by atoms with Crippen LogP contribution in [0.5, 0.6) is 0 Å². The minimum absolute atomic E-state index is 0.00287. The molecule has 34 heavy (non-hydrogen) atoms. The van der Waals surface area contributed by atoms with E-state index in [1.807, 2.05) is 0 Å². The van der Waals surface area contributed by atoms with Crippen LogP contribution in [-0.2, 0) is 5.41 Å². The van der Waals surface area contributed by atoms with Crippen molar-refractivity contribution in [2.75, 3.05) is 0 Å². The van der Waals surface area contributed by atoms with E-state index in [0.29, 0.717) is 0 Å². The Morgan fingerprint density at radius 2 is 1.35 bits per heavy atom. The van der Waals surface area contributed by atoms with Gasteiger partial charge in [-0.2, -0.15) is 9.13 Å². The first-order valence-electron chi connectivity index (χ1n) is 12.0. The molecule has 0 unspecified atom stereocenters. The molecule has 3 heteroatoms. The van der Waals surface area contributed by atoms with Crippen LogP contribution < -0.4 is 9.13 Å². The van der Waals surface area contributed by atoms with Crippen molar-refractivity contribution in [3.05, 3.63) is 101 Å². The molecule has 3 aromatic carbocycles. The van der Waals surface area contributed by atoms with Gasteiger partial charge in [0.25, 0.3) is 0 Å². The third kappa shape index (κ3) is 3.56. The Balaban J connectivity index is 1.91. The van der Waals surface area contributed by atoms with Gasteiger partial charge in [0.2, 0.25) is 11.2 Å². The number of pyridine rings is 1. The van der Waals surface area contributed by atoms with E-state index < -0.39 is 0 Å². The lowest BCUT2D eigenvalue weighted by Gasteiger charge is -2.22. The molecule has 0 N–H and O–H groups in total. The van der Waals surface area contributed by atoms with E-state index in [-0.39, 0.29) is 5.41 Å². The summed E-state index contributed by atoms with van der Waals surface area (Å²) in [5.41, 5.74) is 9.65. The molecule has 170 valence electrons. The molecule has 0 bridgehead atoms. The number of aryl methyl sites for hydroxylation is 3. The molecule has 0 aliphatic carbocycles. The Hall–Kier alpha value is -3.59. The summed E-state index contributed by atoms with van der Waals surface area (Å²) in [5.74, 6) is 0.996. The van der Waals surface area contributed by atoms with Gasteiger partial charge in [-0.15, -0.1) is 0 Å². The standard InChI is InChI=1S/C31H33N3/c1-20-16-17-24-12-8-11-15-28(24)33(20)29-18-25(31(5,6)7)19-30(21(29)2)34-22(3)26-13-9-10-14-27(26)32-23(34)4/h8-19H,1-7H3/q+2. The van der Waals surface area contributed by atoms with Crippen molar-refractivity contribution in [1.29, 1.82) is 0 Å². The van der Waals surface area contributed by atoms with Gasteiger partial charge in [0.15, 0.2) is 11.2 Å². The van der Waals surface area contributed by atoms with E-state index in [1.165, 1.54) is 50.2 Å². The summed E-state index contributed by atoms with van der Waals surface area (Å²) in [4.78, 5) is 4.97. The third-order valence-electron chi connectivity index (χ3n) is 6.97. The van der Waals surface area contributed by atoms with Crippen LogP contribution in [0.15, 0.2) is 72.8 Å². The summed E-state index contributed by atoms with van der Waals surface area (Å²) in [6.45, 7) is 15.6. The minimum Gasteiger partial charge on any atom is -0.197 e. The fourth-order valence-corrected chi connectivity index (χ4v) is 5.03. The Kier molecular flexibility index (Phi) is 5.24. The lowest BCUT2D eigenvalue weighted by atomic mass is 9.85. The Bertz CT molecular complexity index is 1570. The van der Waals surface area contributed by atoms with Gasteiger partial charge in [-0.05, 0) is 60.1 Å². The first-order chi connectivity index (χ1) is 16.2. The first kappa shape index (κ1) is 22.2. The molecule has 5 aromatic rings. The highest BCUT2D eigenvalue weighted by atomic mass is 15.1. The second kappa shape index (κ2) is 8.02. The van der Waals surface area contributed by atoms with Gasteiger partial charge < -0.3 is 0 Å². The predicted octanol–water partition coefficient (Wildman–Crippen LogP) is 6.47. The van der Waals surface area contributed by atoms with Gasteiger partial charge in [-0.3, -0.25) is 0 Å². The van der Waals surface area contributed by atoms with Gasteiger partial charge in [-0.25, -0.2) is 0 Å². The number of aromatic nitrogens is 3. The topological polar surface area (TPSA) is 20.6 Å². The largest absolute Gasteiger partial charge is 0.301 e. The van der Waals surface area contributed by atoms with Crippen LogP contribution in [0.2, 0.25) is 0 Å². The molecule has 0 saturated carbocycles. The third-order valence-corrected chi connectivity index (χ3v) is 6.97. The highest BCUT2D eigenvalue weighted by Crippen LogP contribution is 2.29. The maximum absolute atomic E-state index is 4.97. The molecule has 0 aliphatic rings. The lowest BCUT2D eigenvalue weighted by Crippen LogP contribution is -2.43. The van der Waals surface area contributed by atoms with Gasteiger partial charge >= 0.3 is 5.82 Å². The molecular weight excluding hydrogens is 414 g/mol. The smallest absolute Gasteiger partial charge is 0.197 e. The van der Waals surface area contributed by atoms with Crippen molar-refractivity contribution < 1.29 is 9.13 Å². The number of hydrogen-bond donors (Lipinski definition) is 0. The molecule has 0 amide bonds. The summed E-state index contributed by atoms with van der Waals surface area (Å²) in [7, 11) is 0. The zero-order chi connectivity index (χ0) is 24.2. The maximum Gasteiger partial charge on any atom is 0.301 e. The molecule has 0 fully saturated rings. The zero-order valence-corrected chi connectivity index (χ0v) is 21.3. The SMILES string of the molecule is Cc1c(-[n+]2c(C)nc3ccccc3c2C)cc(C(C)(C)C)cc1-[n+]1c(C)ccc2ccccc21. The quantitative estimate of drug-likeness (QED) is 0.284. The highest BCUT2D eigenvalue weighted by molar-refractivity contribution is 5.80. The van der Waals surface area contributed by atoms with Crippen molar-refractivity contribution >= 4 is 21.8 Å². The second-order valence-corrected chi connectivity index (χ2v) is 10.4. The van der Waals surface area contributed by atoms with Crippen LogP contribution in [0.1, 0.15) is 49.1 Å². The van der Waals surface area contributed by atoms with Crippen LogP contribution in [0, 0.1) is 27.7 Å². The fraction of sp³-hybridized carbons (Fsp3) is 0.258. The first-order valence-corrected chi connectivity index (χ1v) is 12.0. The normalized spacial score (nSPS) is 12.0. The van der Waals surface area contributed by atoms with E-state index in [1.54, 1.807) is 0 Å². The van der Waals surface area contributed by atoms with E-state index in [2.05, 4.69) is 130 Å². The fourth-order valence-electron chi connectivity index (χ4n) is 5.03. The summed E-state index contributed by atoms with van der Waals surface area (Å²) in [5, 5.41) is 2.42. The average Bonchev–Trinajstić information content (AvgIpc) is 2.80. The zero-order valence-electron chi connectivity index (χ0n) is 21.3. The molecule has 0 aliphatic heterocycles. The van der Waals surface area contributed by atoms with Gasteiger partial charge in [-0.1, -0.05) is 45.0 Å². The molecule has 0 radical (unpaired) electrons. The number of fused-ring (bicyclic) bond motifs is 2. The molecular formula is C31H33N3+2.